The maximum atomic E-state index is 15.6. The normalized spacial score (nSPS) is 23.9. The molecule has 56 heavy (non-hydrogen) atoms. The number of piperidine rings is 1. The Bertz CT molecular complexity index is 1970. The van der Waals surface area contributed by atoms with Crippen molar-refractivity contribution in [3.8, 4) is 0 Å². The SMILES string of the molecule is C=CC(=O)N1CCOC[C@@H](S(=O)(=O)c2ccc(N3CC(CN4CCC([C@@](Cn5ccnn5)(c5cccc(F)c5)[C@H]5CCC[C@@H]5CC(=O)OC)CC4)C3)c(F)c2)C1. The standard InChI is InChI=1S/C41H52F2N6O6S/c1-3-39(50)47-18-19-55-27-35(26-47)56(52,53)34-10-11-38(37(43)22-34)48-24-29(25-48)23-46-15-12-31(13-16-46)41(28-49-17-14-44-45-49,32-7-5-8-33(42)21-32)36-9-4-6-30(36)20-40(51)54-2/h3,5,7-8,10-11,14,17,21-22,29-31,35-36H,1,4,6,9,12-13,15-16,18-20,23-28H2,2H3/t30-,35+,36+,41+/m1/s1. The lowest BCUT2D eigenvalue weighted by molar-refractivity contribution is -0.142. The summed E-state index contributed by atoms with van der Waals surface area (Å²) in [7, 11) is -2.55. The summed E-state index contributed by atoms with van der Waals surface area (Å²) in [5, 5.41) is 7.45. The quantitative estimate of drug-likeness (QED) is 0.180. The first-order valence-corrected chi connectivity index (χ1v) is 21.2. The highest BCUT2D eigenvalue weighted by Crippen LogP contribution is 2.54. The molecule has 4 atom stereocenters. The van der Waals surface area contributed by atoms with Crippen LogP contribution in [-0.4, -0.2) is 116 Å². The fourth-order valence-electron chi connectivity index (χ4n) is 10.00. The van der Waals surface area contributed by atoms with Gasteiger partial charge in [0.15, 0.2) is 9.84 Å². The number of rotatable bonds is 13. The minimum atomic E-state index is -3.97. The van der Waals surface area contributed by atoms with Gasteiger partial charge in [0.05, 0.1) is 43.6 Å². The third-order valence-corrected chi connectivity index (χ3v) is 14.8. The number of carbonyl (C=O) groups is 2. The summed E-state index contributed by atoms with van der Waals surface area (Å²) in [6, 6.07) is 11.0. The van der Waals surface area contributed by atoms with Crippen molar-refractivity contribution in [2.75, 3.05) is 71.0 Å². The number of sulfone groups is 1. The molecule has 3 aliphatic heterocycles. The number of hydrogen-bond donors (Lipinski definition) is 0. The lowest BCUT2D eigenvalue weighted by Crippen LogP contribution is -2.55. The molecule has 12 nitrogen and oxygen atoms in total. The molecular weight excluding hydrogens is 743 g/mol. The Morgan fingerprint density at radius 2 is 1.86 bits per heavy atom. The molecule has 0 bridgehead atoms. The molecule has 3 saturated heterocycles. The van der Waals surface area contributed by atoms with E-state index in [1.54, 1.807) is 18.3 Å². The van der Waals surface area contributed by atoms with Crippen molar-refractivity contribution in [3.05, 3.63) is 84.7 Å². The van der Waals surface area contributed by atoms with Crippen LogP contribution in [-0.2, 0) is 40.9 Å². The minimum absolute atomic E-state index is 0.0499. The number of halogens is 2. The van der Waals surface area contributed by atoms with Gasteiger partial charge < -0.3 is 24.2 Å². The largest absolute Gasteiger partial charge is 0.469 e. The number of esters is 1. The molecule has 3 aromatic rings. The second-order valence-electron chi connectivity index (χ2n) is 15.9. The summed E-state index contributed by atoms with van der Waals surface area (Å²) in [5.74, 6) is -0.737. The Kier molecular flexibility index (Phi) is 12.2. The zero-order chi connectivity index (χ0) is 39.5. The molecule has 1 aromatic heterocycles. The van der Waals surface area contributed by atoms with Crippen molar-refractivity contribution >= 4 is 27.4 Å². The fourth-order valence-corrected chi connectivity index (χ4v) is 11.6. The molecule has 4 fully saturated rings. The van der Waals surface area contributed by atoms with Crippen LogP contribution in [0.2, 0.25) is 0 Å². The van der Waals surface area contributed by atoms with E-state index < -0.39 is 26.3 Å². The Hall–Kier alpha value is -4.21. The zero-order valence-electron chi connectivity index (χ0n) is 32.0. The summed E-state index contributed by atoms with van der Waals surface area (Å²) >= 11 is 0. The maximum Gasteiger partial charge on any atom is 0.305 e. The number of nitrogens with zero attached hydrogens (tertiary/aromatic N) is 6. The first kappa shape index (κ1) is 40.0. The zero-order valence-corrected chi connectivity index (χ0v) is 32.8. The average Bonchev–Trinajstić information content (AvgIpc) is 3.81. The molecule has 0 radical (unpaired) electrons. The van der Waals surface area contributed by atoms with Crippen LogP contribution < -0.4 is 4.90 Å². The van der Waals surface area contributed by atoms with Gasteiger partial charge in [-0.3, -0.25) is 14.3 Å². The smallest absolute Gasteiger partial charge is 0.305 e. The van der Waals surface area contributed by atoms with Crippen molar-refractivity contribution in [2.45, 2.75) is 60.6 Å². The molecule has 1 saturated carbocycles. The van der Waals surface area contributed by atoms with E-state index in [9.17, 15) is 18.0 Å². The van der Waals surface area contributed by atoms with Gasteiger partial charge >= 0.3 is 5.97 Å². The van der Waals surface area contributed by atoms with Crippen LogP contribution in [0, 0.1) is 35.3 Å². The number of hydrogen-bond acceptors (Lipinski definition) is 10. The first-order chi connectivity index (χ1) is 27.0. The molecule has 1 amide bonds. The summed E-state index contributed by atoms with van der Waals surface area (Å²) < 4.78 is 70.1. The van der Waals surface area contributed by atoms with Crippen LogP contribution in [0.4, 0.5) is 14.5 Å². The molecule has 15 heteroatoms. The van der Waals surface area contributed by atoms with Crippen LogP contribution in [0.15, 0.2) is 72.4 Å². The Morgan fingerprint density at radius 1 is 1.05 bits per heavy atom. The second-order valence-corrected chi connectivity index (χ2v) is 18.1. The molecule has 7 rings (SSSR count). The maximum absolute atomic E-state index is 15.6. The van der Waals surface area contributed by atoms with Crippen LogP contribution in [0.3, 0.4) is 0 Å². The van der Waals surface area contributed by atoms with Gasteiger partial charge in [-0.2, -0.15) is 0 Å². The molecule has 0 spiro atoms. The summed E-state index contributed by atoms with van der Waals surface area (Å²) in [6.07, 6.45) is 9.62. The fraction of sp³-hybridized carbons (Fsp3) is 0.561. The third kappa shape index (κ3) is 8.26. The van der Waals surface area contributed by atoms with Crippen molar-refractivity contribution in [3.63, 3.8) is 0 Å². The van der Waals surface area contributed by atoms with Crippen LogP contribution in [0.25, 0.3) is 0 Å². The highest BCUT2D eigenvalue weighted by molar-refractivity contribution is 7.92. The number of anilines is 1. The Labute approximate surface area is 327 Å². The van der Waals surface area contributed by atoms with Crippen LogP contribution in [0.1, 0.15) is 44.1 Å². The Balaban J connectivity index is 1.01. The lowest BCUT2D eigenvalue weighted by atomic mass is 9.57. The van der Waals surface area contributed by atoms with E-state index in [-0.39, 0.29) is 66.6 Å². The van der Waals surface area contributed by atoms with Gasteiger partial charge in [-0.15, -0.1) is 5.10 Å². The van der Waals surface area contributed by atoms with Crippen molar-refractivity contribution in [2.24, 2.45) is 23.7 Å². The van der Waals surface area contributed by atoms with Crippen LogP contribution in [0.5, 0.6) is 0 Å². The van der Waals surface area contributed by atoms with E-state index in [0.717, 1.165) is 69.4 Å². The van der Waals surface area contributed by atoms with Gasteiger partial charge in [0, 0.05) is 56.7 Å². The monoisotopic (exact) mass is 794 g/mol. The lowest BCUT2D eigenvalue weighted by Gasteiger charge is -2.51. The number of benzene rings is 2. The topological polar surface area (TPSA) is 127 Å². The molecular formula is C41H52F2N6O6S. The number of carbonyl (C=O) groups excluding carboxylic acids is 2. The number of methoxy groups -OCH3 is 1. The number of likely N-dealkylation sites (tertiary alicyclic amines) is 1. The van der Waals surface area contributed by atoms with Gasteiger partial charge in [0.25, 0.3) is 0 Å². The number of ether oxygens (including phenoxy) is 2. The van der Waals surface area contributed by atoms with Gasteiger partial charge in [-0.05, 0) is 98.5 Å². The third-order valence-electron chi connectivity index (χ3n) is 12.8. The van der Waals surface area contributed by atoms with Gasteiger partial charge in [-0.25, -0.2) is 17.2 Å². The second kappa shape index (κ2) is 17.1. The number of amides is 1. The highest BCUT2D eigenvalue weighted by Gasteiger charge is 2.52. The molecule has 302 valence electrons. The van der Waals surface area contributed by atoms with E-state index in [2.05, 4.69) is 21.8 Å². The van der Waals surface area contributed by atoms with Gasteiger partial charge in [0.2, 0.25) is 5.91 Å². The molecule has 1 aliphatic carbocycles. The first-order valence-electron chi connectivity index (χ1n) is 19.7. The minimum Gasteiger partial charge on any atom is -0.469 e. The summed E-state index contributed by atoms with van der Waals surface area (Å²) in [6.45, 7) is 8.23. The predicted molar refractivity (Wildman–Crippen MR) is 205 cm³/mol. The van der Waals surface area contributed by atoms with Crippen molar-refractivity contribution in [1.29, 1.82) is 0 Å². The van der Waals surface area contributed by atoms with Crippen molar-refractivity contribution < 1.29 is 36.3 Å². The average molecular weight is 795 g/mol. The van der Waals surface area contributed by atoms with E-state index in [4.69, 9.17) is 9.47 Å². The van der Waals surface area contributed by atoms with E-state index in [1.807, 2.05) is 21.8 Å². The summed E-state index contributed by atoms with van der Waals surface area (Å²) in [5.41, 5.74) is 0.828. The summed E-state index contributed by atoms with van der Waals surface area (Å²) in [4.78, 5) is 30.5. The van der Waals surface area contributed by atoms with E-state index in [0.29, 0.717) is 37.7 Å². The predicted octanol–water partition coefficient (Wildman–Crippen LogP) is 4.51. The van der Waals surface area contributed by atoms with Crippen LogP contribution >= 0.6 is 0 Å². The molecule has 0 N–H and O–H groups in total. The molecule has 4 aliphatic rings. The number of aromatic nitrogens is 3. The van der Waals surface area contributed by atoms with E-state index in [1.165, 1.54) is 30.2 Å². The van der Waals surface area contributed by atoms with Crippen molar-refractivity contribution in [1.82, 2.24) is 24.8 Å². The van der Waals surface area contributed by atoms with E-state index >= 15 is 8.78 Å². The highest BCUT2D eigenvalue weighted by atomic mass is 32.2. The Morgan fingerprint density at radius 3 is 2.55 bits per heavy atom. The van der Waals surface area contributed by atoms with Gasteiger partial charge in [0.1, 0.15) is 16.9 Å². The van der Waals surface area contributed by atoms with Gasteiger partial charge in [-0.1, -0.05) is 30.3 Å². The molecule has 2 aromatic carbocycles. The molecule has 4 heterocycles. The molecule has 0 unspecified atom stereocenters.